The van der Waals surface area contributed by atoms with Gasteiger partial charge in [-0.15, -0.1) is 0 Å². The lowest BCUT2D eigenvalue weighted by Crippen LogP contribution is -2.10. The van der Waals surface area contributed by atoms with E-state index in [2.05, 4.69) is 19.1 Å². The lowest BCUT2D eigenvalue weighted by Gasteiger charge is -2.26. The molecule has 4 rings (SSSR count). The Balaban J connectivity index is 1.60. The van der Waals surface area contributed by atoms with Crippen LogP contribution in [-0.2, 0) is 0 Å². The molecule has 30 heavy (non-hydrogen) atoms. The molecule has 0 aliphatic heterocycles. The van der Waals surface area contributed by atoms with Gasteiger partial charge in [0.05, 0.1) is 6.61 Å². The third kappa shape index (κ3) is 4.28. The number of hydrogen-bond acceptors (Lipinski definition) is 3. The van der Waals surface area contributed by atoms with Crippen molar-refractivity contribution < 1.29 is 13.5 Å². The van der Waals surface area contributed by atoms with Crippen molar-refractivity contribution in [2.45, 2.75) is 58.3 Å². The Morgan fingerprint density at radius 1 is 1.07 bits per heavy atom. The Labute approximate surface area is 176 Å². The van der Waals surface area contributed by atoms with Crippen LogP contribution in [0.5, 0.6) is 5.75 Å². The highest BCUT2D eigenvalue weighted by Gasteiger charge is 2.20. The van der Waals surface area contributed by atoms with E-state index in [0.29, 0.717) is 23.7 Å². The molecule has 0 N–H and O–H groups in total. The summed E-state index contributed by atoms with van der Waals surface area (Å²) in [4.78, 5) is 12.6. The van der Waals surface area contributed by atoms with Gasteiger partial charge in [0, 0.05) is 5.56 Å². The molecule has 3 nitrogen and oxygen atoms in total. The Bertz CT molecular complexity index is 1060. The normalized spacial score (nSPS) is 19.2. The minimum absolute atomic E-state index is 0.0549. The zero-order valence-corrected chi connectivity index (χ0v) is 17.7. The summed E-state index contributed by atoms with van der Waals surface area (Å²) in [5.41, 5.74) is 1.49. The summed E-state index contributed by atoms with van der Waals surface area (Å²) < 4.78 is 25.8. The summed E-state index contributed by atoms with van der Waals surface area (Å²) in [6, 6.07) is 13.3. The summed E-state index contributed by atoms with van der Waals surface area (Å²) >= 11 is 0. The monoisotopic (exact) mass is 408 g/mol. The van der Waals surface area contributed by atoms with Gasteiger partial charge in [-0.1, -0.05) is 63.4 Å². The molecule has 0 atom stereocenters. The van der Waals surface area contributed by atoms with E-state index in [-0.39, 0.29) is 11.1 Å². The molecule has 1 aliphatic rings. The predicted octanol–water partition coefficient (Wildman–Crippen LogP) is 7.07. The molecule has 158 valence electrons. The summed E-state index contributed by atoms with van der Waals surface area (Å²) in [5, 5.41) is 0.465. The highest BCUT2D eigenvalue weighted by Crippen LogP contribution is 2.36. The minimum atomic E-state index is -0.675. The molecule has 3 aromatic rings. The summed E-state index contributed by atoms with van der Waals surface area (Å²) in [5.74, 6) is 1.34. The Morgan fingerprint density at radius 3 is 2.50 bits per heavy atom. The maximum atomic E-state index is 14.8. The van der Waals surface area contributed by atoms with E-state index in [1.807, 2.05) is 19.1 Å². The Hall–Kier alpha value is -2.62. The molecule has 1 aromatic heterocycles. The van der Waals surface area contributed by atoms with Crippen LogP contribution in [0.15, 0.2) is 51.7 Å². The smallest absolute Gasteiger partial charge is 0.347 e. The molecule has 0 spiro atoms. The van der Waals surface area contributed by atoms with E-state index < -0.39 is 11.4 Å². The van der Waals surface area contributed by atoms with Crippen molar-refractivity contribution in [1.82, 2.24) is 0 Å². The van der Waals surface area contributed by atoms with Crippen LogP contribution in [-0.4, -0.2) is 6.61 Å². The van der Waals surface area contributed by atoms with Gasteiger partial charge >= 0.3 is 5.63 Å². The van der Waals surface area contributed by atoms with Crippen LogP contribution in [0.4, 0.5) is 4.39 Å². The number of unbranched alkanes of at least 4 members (excludes halogenated alkanes) is 1. The van der Waals surface area contributed by atoms with Gasteiger partial charge in [0.2, 0.25) is 0 Å². The van der Waals surface area contributed by atoms with E-state index >= 15 is 0 Å². The van der Waals surface area contributed by atoms with Crippen LogP contribution in [0.1, 0.15) is 63.9 Å². The van der Waals surface area contributed by atoms with Crippen LogP contribution < -0.4 is 10.4 Å². The summed E-state index contributed by atoms with van der Waals surface area (Å²) in [6.07, 6.45) is 6.81. The highest BCUT2D eigenvalue weighted by atomic mass is 19.1. The first-order valence-corrected chi connectivity index (χ1v) is 11.1. The molecule has 4 heteroatoms. The quantitative estimate of drug-likeness (QED) is 0.409. The molecule has 2 aromatic carbocycles. The fourth-order valence-corrected chi connectivity index (χ4v) is 4.31. The van der Waals surface area contributed by atoms with Crippen LogP contribution in [0, 0.1) is 11.7 Å². The molecule has 0 radical (unpaired) electrons. The molecule has 0 saturated heterocycles. The van der Waals surface area contributed by atoms with E-state index in [1.54, 1.807) is 18.2 Å². The maximum absolute atomic E-state index is 14.8. The zero-order valence-electron chi connectivity index (χ0n) is 17.7. The van der Waals surface area contributed by atoms with Crippen molar-refractivity contribution in [3.05, 3.63) is 64.3 Å². The van der Waals surface area contributed by atoms with Crippen molar-refractivity contribution in [2.24, 2.45) is 5.92 Å². The average Bonchev–Trinajstić information content (AvgIpc) is 2.76. The zero-order chi connectivity index (χ0) is 21.1. The molecular weight excluding hydrogens is 379 g/mol. The predicted molar refractivity (Wildman–Crippen MR) is 119 cm³/mol. The fraction of sp³-hybridized carbons (Fsp3) is 0.423. The minimum Gasteiger partial charge on any atom is -0.490 e. The van der Waals surface area contributed by atoms with Gasteiger partial charge in [-0.3, -0.25) is 0 Å². The van der Waals surface area contributed by atoms with E-state index in [0.717, 1.165) is 24.3 Å². The maximum Gasteiger partial charge on any atom is 0.347 e. The average molecular weight is 409 g/mol. The van der Waals surface area contributed by atoms with Gasteiger partial charge in [0.15, 0.2) is 11.6 Å². The number of fused-ring (bicyclic) bond motifs is 1. The second-order valence-corrected chi connectivity index (χ2v) is 8.52. The molecule has 1 fully saturated rings. The van der Waals surface area contributed by atoms with Gasteiger partial charge in [-0.25, -0.2) is 9.18 Å². The Kier molecular flexibility index (Phi) is 6.21. The molecule has 0 unspecified atom stereocenters. The van der Waals surface area contributed by atoms with Crippen molar-refractivity contribution in [3.8, 4) is 17.1 Å². The second-order valence-electron chi connectivity index (χ2n) is 8.52. The van der Waals surface area contributed by atoms with Gasteiger partial charge in [0.1, 0.15) is 11.1 Å². The topological polar surface area (TPSA) is 39.4 Å². The van der Waals surface area contributed by atoms with Crippen molar-refractivity contribution in [3.63, 3.8) is 0 Å². The Morgan fingerprint density at radius 2 is 1.80 bits per heavy atom. The van der Waals surface area contributed by atoms with E-state index in [9.17, 15) is 9.18 Å². The number of halogens is 1. The van der Waals surface area contributed by atoms with E-state index in [1.165, 1.54) is 31.2 Å². The van der Waals surface area contributed by atoms with Gasteiger partial charge in [-0.2, -0.15) is 0 Å². The van der Waals surface area contributed by atoms with Gasteiger partial charge in [-0.05, 0) is 54.2 Å². The summed E-state index contributed by atoms with van der Waals surface area (Å²) in [6.45, 7) is 4.79. The van der Waals surface area contributed by atoms with Crippen LogP contribution in [0.2, 0.25) is 0 Å². The third-order valence-corrected chi connectivity index (χ3v) is 6.27. The van der Waals surface area contributed by atoms with E-state index in [4.69, 9.17) is 9.15 Å². The van der Waals surface area contributed by atoms with Crippen molar-refractivity contribution in [2.75, 3.05) is 6.61 Å². The van der Waals surface area contributed by atoms with Crippen LogP contribution in [0.3, 0.4) is 0 Å². The van der Waals surface area contributed by atoms with Crippen LogP contribution in [0.25, 0.3) is 22.1 Å². The largest absolute Gasteiger partial charge is 0.490 e. The van der Waals surface area contributed by atoms with Gasteiger partial charge in [0.25, 0.3) is 0 Å². The lowest BCUT2D eigenvalue weighted by molar-refractivity contribution is 0.295. The fourth-order valence-electron chi connectivity index (χ4n) is 4.31. The lowest BCUT2D eigenvalue weighted by atomic mass is 9.79. The molecule has 1 saturated carbocycles. The first-order chi connectivity index (χ1) is 14.6. The number of benzene rings is 2. The van der Waals surface area contributed by atoms with Gasteiger partial charge < -0.3 is 9.15 Å². The first kappa shape index (κ1) is 20.6. The molecule has 1 heterocycles. The molecule has 0 amide bonds. The number of rotatable bonds is 6. The molecular formula is C26H29FO3. The summed E-state index contributed by atoms with van der Waals surface area (Å²) in [7, 11) is 0. The second kappa shape index (κ2) is 9.03. The standard InChI is InChI=1S/C26H29FO3/c1-3-4-15-29-22-14-13-21-16-23(30-26(28)24(21)25(22)27)20-11-9-19(10-12-20)18-7-5-17(2)6-8-18/h9-14,16-18H,3-8,15H2,1-2H3. The van der Waals surface area contributed by atoms with Crippen LogP contribution >= 0.6 is 0 Å². The number of hydrogen-bond donors (Lipinski definition) is 0. The SMILES string of the molecule is CCCCOc1ccc2cc(-c3ccc(C4CCC(C)CC4)cc3)oc(=O)c2c1F. The molecule has 0 bridgehead atoms. The van der Waals surface area contributed by atoms with Crippen molar-refractivity contribution >= 4 is 10.8 Å². The highest BCUT2D eigenvalue weighted by molar-refractivity contribution is 5.86. The van der Waals surface area contributed by atoms with Crippen molar-refractivity contribution in [1.29, 1.82) is 0 Å². The number of ether oxygens (including phenoxy) is 1. The molecule has 1 aliphatic carbocycles. The third-order valence-electron chi connectivity index (χ3n) is 6.27. The first-order valence-electron chi connectivity index (χ1n) is 11.1.